The molecule has 10 nitrogen and oxygen atoms in total. The van der Waals surface area contributed by atoms with Crippen molar-refractivity contribution in [1.29, 1.82) is 0 Å². The predicted octanol–water partition coefficient (Wildman–Crippen LogP) is -0.881. The van der Waals surface area contributed by atoms with Crippen molar-refractivity contribution in [3.8, 4) is 5.88 Å². The van der Waals surface area contributed by atoms with Crippen molar-refractivity contribution in [2.75, 3.05) is 13.1 Å². The van der Waals surface area contributed by atoms with Crippen LogP contribution in [0.1, 0.15) is 0 Å². The Morgan fingerprint density at radius 2 is 1.96 bits per heavy atom. The highest BCUT2D eigenvalue weighted by molar-refractivity contribution is 5.79. The minimum atomic E-state index is -0.474. The molecule has 0 unspecified atom stereocenters. The maximum absolute atomic E-state index is 12.5. The molecule has 1 fully saturated rings. The van der Waals surface area contributed by atoms with E-state index in [9.17, 15) is 14.4 Å². The van der Waals surface area contributed by atoms with Crippen LogP contribution in [0, 0.1) is 0 Å². The number of nitrogens with zero attached hydrogens (tertiary/aromatic N) is 6. The van der Waals surface area contributed by atoms with Crippen LogP contribution in [0.15, 0.2) is 40.3 Å². The van der Waals surface area contributed by atoms with Gasteiger partial charge < -0.3 is 14.2 Å². The summed E-state index contributed by atoms with van der Waals surface area (Å²) in [5, 5.41) is 0. The van der Waals surface area contributed by atoms with Gasteiger partial charge in [0, 0.05) is 26.4 Å². The van der Waals surface area contributed by atoms with Crippen molar-refractivity contribution in [2.45, 2.75) is 12.6 Å². The first kappa shape index (κ1) is 17.0. The number of fused-ring (bicyclic) bond motifs is 1. The number of likely N-dealkylation sites (tertiary alicyclic amines) is 1. The lowest BCUT2D eigenvalue weighted by atomic mass is 10.1. The van der Waals surface area contributed by atoms with Gasteiger partial charge in [0.05, 0.1) is 19.4 Å². The molecule has 0 saturated carbocycles. The lowest BCUT2D eigenvalue weighted by molar-refractivity contribution is -0.140. The second-order valence-corrected chi connectivity index (χ2v) is 6.46. The molecule has 0 radical (unpaired) electrons. The molecule has 0 bridgehead atoms. The average molecular weight is 370 g/mol. The fourth-order valence-corrected chi connectivity index (χ4v) is 3.07. The summed E-state index contributed by atoms with van der Waals surface area (Å²) in [5.74, 6) is 0.380. The number of hydrogen-bond acceptors (Lipinski definition) is 6. The summed E-state index contributed by atoms with van der Waals surface area (Å²) in [7, 11) is 2.94. The van der Waals surface area contributed by atoms with Gasteiger partial charge in [0.25, 0.3) is 5.56 Å². The Morgan fingerprint density at radius 1 is 1.19 bits per heavy atom. The maximum atomic E-state index is 12.5. The Morgan fingerprint density at radius 3 is 2.67 bits per heavy atom. The third-order valence-electron chi connectivity index (χ3n) is 4.65. The summed E-state index contributed by atoms with van der Waals surface area (Å²) < 4.78 is 9.46. The molecule has 0 atom stereocenters. The monoisotopic (exact) mass is 370 g/mol. The molecule has 3 aromatic rings. The SMILES string of the molecule is Cn1c(=O)c2c(ncn2CC(=O)N2CC(Oc3ccccn3)C2)n(C)c1=O. The van der Waals surface area contributed by atoms with Crippen molar-refractivity contribution in [3.63, 3.8) is 0 Å². The molecular formula is C17H18N6O4. The summed E-state index contributed by atoms with van der Waals surface area (Å²) in [4.78, 5) is 46.7. The molecule has 0 aliphatic carbocycles. The molecular weight excluding hydrogens is 352 g/mol. The van der Waals surface area contributed by atoms with Gasteiger partial charge in [-0.15, -0.1) is 0 Å². The summed E-state index contributed by atoms with van der Waals surface area (Å²) in [6, 6.07) is 5.41. The number of amides is 1. The smallest absolute Gasteiger partial charge is 0.332 e. The standard InChI is InChI=1S/C17H18N6O4/c1-20-15-14(16(25)21(2)17(20)26)23(10-19-15)9-13(24)22-7-11(8-22)27-12-5-3-4-6-18-12/h3-6,10-11H,7-9H2,1-2H3. The van der Waals surface area contributed by atoms with Crippen LogP contribution in [0.2, 0.25) is 0 Å². The van der Waals surface area contributed by atoms with Gasteiger partial charge in [0.2, 0.25) is 11.8 Å². The Balaban J connectivity index is 1.47. The zero-order valence-corrected chi connectivity index (χ0v) is 14.9. The van der Waals surface area contributed by atoms with Crippen LogP contribution in [-0.4, -0.2) is 53.7 Å². The first-order valence-electron chi connectivity index (χ1n) is 8.42. The van der Waals surface area contributed by atoms with Gasteiger partial charge in [0.15, 0.2) is 11.2 Å². The molecule has 27 heavy (non-hydrogen) atoms. The summed E-state index contributed by atoms with van der Waals surface area (Å²) >= 11 is 0. The molecule has 4 heterocycles. The quantitative estimate of drug-likeness (QED) is 0.591. The first-order chi connectivity index (χ1) is 13.0. The molecule has 0 spiro atoms. The Hall–Kier alpha value is -3.43. The van der Waals surface area contributed by atoms with Crippen molar-refractivity contribution < 1.29 is 9.53 Å². The van der Waals surface area contributed by atoms with Gasteiger partial charge in [-0.3, -0.25) is 18.7 Å². The summed E-state index contributed by atoms with van der Waals surface area (Å²) in [6.07, 6.45) is 2.96. The molecule has 0 N–H and O–H groups in total. The van der Waals surface area contributed by atoms with Crippen LogP contribution >= 0.6 is 0 Å². The normalized spacial score (nSPS) is 14.4. The summed E-state index contributed by atoms with van der Waals surface area (Å²) in [6.45, 7) is 0.886. The summed E-state index contributed by atoms with van der Waals surface area (Å²) in [5.41, 5.74) is -0.440. The molecule has 10 heteroatoms. The van der Waals surface area contributed by atoms with Crippen molar-refractivity contribution in [1.82, 2.24) is 28.6 Å². The fraction of sp³-hybridized carbons (Fsp3) is 0.353. The minimum absolute atomic E-state index is 0.0275. The molecule has 3 aromatic heterocycles. The molecule has 0 aromatic carbocycles. The zero-order valence-electron chi connectivity index (χ0n) is 14.9. The topological polar surface area (TPSA) is 104 Å². The van der Waals surface area contributed by atoms with Crippen molar-refractivity contribution in [3.05, 3.63) is 51.6 Å². The van der Waals surface area contributed by atoms with E-state index < -0.39 is 11.2 Å². The van der Waals surface area contributed by atoms with Crippen molar-refractivity contribution >= 4 is 17.1 Å². The lowest BCUT2D eigenvalue weighted by Gasteiger charge is -2.38. The number of ether oxygens (including phenoxy) is 1. The highest BCUT2D eigenvalue weighted by Crippen LogP contribution is 2.16. The Bertz CT molecular complexity index is 1120. The van der Waals surface area contributed by atoms with Crippen LogP contribution in [0.3, 0.4) is 0 Å². The van der Waals surface area contributed by atoms with Crippen LogP contribution in [-0.2, 0) is 25.4 Å². The van der Waals surface area contributed by atoms with Crippen molar-refractivity contribution in [2.24, 2.45) is 14.1 Å². The number of carbonyl (C=O) groups is 1. The largest absolute Gasteiger partial charge is 0.471 e. The van der Waals surface area contributed by atoms with Crippen LogP contribution < -0.4 is 16.0 Å². The highest BCUT2D eigenvalue weighted by Gasteiger charge is 2.32. The number of hydrogen-bond donors (Lipinski definition) is 0. The Labute approximate surface area is 153 Å². The predicted molar refractivity (Wildman–Crippen MR) is 95.4 cm³/mol. The van der Waals surface area contributed by atoms with Crippen LogP contribution in [0.25, 0.3) is 11.2 Å². The van der Waals surface area contributed by atoms with Crippen LogP contribution in [0.5, 0.6) is 5.88 Å². The number of pyridine rings is 1. The average Bonchev–Trinajstić information content (AvgIpc) is 3.05. The third-order valence-corrected chi connectivity index (χ3v) is 4.65. The van der Waals surface area contributed by atoms with Gasteiger partial charge >= 0.3 is 5.69 Å². The van der Waals surface area contributed by atoms with Gasteiger partial charge in [-0.1, -0.05) is 6.07 Å². The van der Waals surface area contributed by atoms with Gasteiger partial charge in [-0.05, 0) is 6.07 Å². The van der Waals surface area contributed by atoms with E-state index in [4.69, 9.17) is 4.74 Å². The number of carbonyl (C=O) groups excluding carboxylic acids is 1. The van der Waals surface area contributed by atoms with E-state index in [1.54, 1.807) is 23.2 Å². The van der Waals surface area contributed by atoms with E-state index in [1.165, 1.54) is 29.6 Å². The molecule has 1 saturated heterocycles. The Kier molecular flexibility index (Phi) is 4.02. The molecule has 4 rings (SSSR count). The lowest BCUT2D eigenvalue weighted by Crippen LogP contribution is -2.57. The maximum Gasteiger partial charge on any atom is 0.332 e. The second kappa shape index (κ2) is 6.38. The third kappa shape index (κ3) is 2.88. The number of rotatable bonds is 4. The molecule has 140 valence electrons. The van der Waals surface area contributed by atoms with E-state index in [1.807, 2.05) is 6.07 Å². The fourth-order valence-electron chi connectivity index (χ4n) is 3.07. The number of imidazole rings is 1. The highest BCUT2D eigenvalue weighted by atomic mass is 16.5. The first-order valence-corrected chi connectivity index (χ1v) is 8.42. The van der Waals surface area contributed by atoms with E-state index in [0.29, 0.717) is 19.0 Å². The zero-order chi connectivity index (χ0) is 19.1. The van der Waals surface area contributed by atoms with Crippen LogP contribution in [0.4, 0.5) is 0 Å². The van der Waals surface area contributed by atoms with Gasteiger partial charge in [0.1, 0.15) is 12.6 Å². The molecule has 1 aliphatic rings. The molecule has 1 amide bonds. The van der Waals surface area contributed by atoms with E-state index >= 15 is 0 Å². The number of aryl methyl sites for hydroxylation is 1. The van der Waals surface area contributed by atoms with E-state index in [-0.39, 0.29) is 29.7 Å². The van der Waals surface area contributed by atoms with E-state index in [2.05, 4.69) is 9.97 Å². The van der Waals surface area contributed by atoms with E-state index in [0.717, 1.165) is 4.57 Å². The number of aromatic nitrogens is 5. The molecule has 1 aliphatic heterocycles. The minimum Gasteiger partial charge on any atom is -0.471 e. The van der Waals surface area contributed by atoms with Gasteiger partial charge in [-0.25, -0.2) is 14.8 Å². The second-order valence-electron chi connectivity index (χ2n) is 6.46. The van der Waals surface area contributed by atoms with Gasteiger partial charge in [-0.2, -0.15) is 0 Å².